The normalized spacial score (nSPS) is 37.9. The number of carbonyl (C=O) groups is 2. The van der Waals surface area contributed by atoms with Crippen LogP contribution >= 0.6 is 0 Å². The van der Waals surface area contributed by atoms with E-state index < -0.39 is 36.0 Å². The number of ether oxygens (including phenoxy) is 3. The van der Waals surface area contributed by atoms with E-state index in [4.69, 9.17) is 9.47 Å². The van der Waals surface area contributed by atoms with E-state index in [1.165, 1.54) is 6.08 Å². The number of hydrogen-bond donors (Lipinski definition) is 2. The maximum atomic E-state index is 11.4. The topological polar surface area (TPSA) is 102 Å². The largest absolute Gasteiger partial charge is 0.509 e. The van der Waals surface area contributed by atoms with Crippen LogP contribution in [-0.4, -0.2) is 52.9 Å². The highest BCUT2D eigenvalue weighted by Gasteiger charge is 2.58. The molecule has 2 N–H and O–H groups in total. The molecular formula is C11H14O7. The zero-order valence-corrected chi connectivity index (χ0v) is 9.57. The van der Waals surface area contributed by atoms with Crippen LogP contribution in [0.2, 0.25) is 0 Å². The van der Waals surface area contributed by atoms with Gasteiger partial charge in [0.15, 0.2) is 11.7 Å². The quantitative estimate of drug-likeness (QED) is 0.520. The molecule has 1 aliphatic carbocycles. The molecule has 18 heavy (non-hydrogen) atoms. The first kappa shape index (κ1) is 12.8. The van der Waals surface area contributed by atoms with E-state index >= 15 is 0 Å². The lowest BCUT2D eigenvalue weighted by molar-refractivity contribution is -0.154. The molecule has 100 valence electrons. The highest BCUT2D eigenvalue weighted by atomic mass is 16.7. The van der Waals surface area contributed by atoms with E-state index in [1.807, 2.05) is 0 Å². The fourth-order valence-corrected chi connectivity index (χ4v) is 2.19. The molecule has 1 heterocycles. The highest BCUT2D eigenvalue weighted by Crippen LogP contribution is 2.39. The first-order chi connectivity index (χ1) is 8.46. The maximum Gasteiger partial charge on any atom is 0.509 e. The molecule has 1 saturated heterocycles. The Morgan fingerprint density at radius 1 is 1.61 bits per heavy atom. The Bertz CT molecular complexity index is 380. The highest BCUT2D eigenvalue weighted by molar-refractivity contribution is 5.82. The Morgan fingerprint density at radius 3 is 3.00 bits per heavy atom. The van der Waals surface area contributed by atoms with Crippen molar-refractivity contribution in [2.24, 2.45) is 0 Å². The van der Waals surface area contributed by atoms with E-state index in [0.29, 0.717) is 0 Å². The van der Waals surface area contributed by atoms with Gasteiger partial charge in [0.2, 0.25) is 0 Å². The Morgan fingerprint density at radius 2 is 2.33 bits per heavy atom. The van der Waals surface area contributed by atoms with Gasteiger partial charge in [-0.15, -0.1) is 0 Å². The zero-order chi connectivity index (χ0) is 13.3. The molecule has 0 amide bonds. The minimum Gasteiger partial charge on any atom is -0.456 e. The predicted molar refractivity (Wildman–Crippen MR) is 56.5 cm³/mol. The molecule has 2 rings (SSSR count). The Kier molecular flexibility index (Phi) is 3.27. The van der Waals surface area contributed by atoms with E-state index in [9.17, 15) is 19.8 Å². The van der Waals surface area contributed by atoms with Crippen molar-refractivity contribution >= 4 is 12.1 Å². The smallest absolute Gasteiger partial charge is 0.456 e. The molecule has 7 nitrogen and oxygen atoms in total. The number of aliphatic hydroxyl groups is 2. The molecule has 0 radical (unpaired) electrons. The second-order valence-electron chi connectivity index (χ2n) is 4.38. The third-order valence-corrected chi connectivity index (χ3v) is 3.02. The van der Waals surface area contributed by atoms with Crippen LogP contribution in [-0.2, 0) is 19.0 Å². The van der Waals surface area contributed by atoms with Crippen molar-refractivity contribution in [3.63, 3.8) is 0 Å². The lowest BCUT2D eigenvalue weighted by Gasteiger charge is -2.32. The second-order valence-corrected chi connectivity index (χ2v) is 4.38. The van der Waals surface area contributed by atoms with Gasteiger partial charge >= 0.3 is 12.1 Å². The van der Waals surface area contributed by atoms with Crippen molar-refractivity contribution in [1.82, 2.24) is 0 Å². The van der Waals surface area contributed by atoms with Crippen LogP contribution in [0.1, 0.15) is 12.8 Å². The molecule has 0 aromatic heterocycles. The Hall–Kier alpha value is -1.60. The Labute approximate surface area is 103 Å². The first-order valence-corrected chi connectivity index (χ1v) is 5.52. The summed E-state index contributed by atoms with van der Waals surface area (Å²) in [5.74, 6) is -0.794. The fraction of sp³-hybridized carbons (Fsp3) is 0.636. The molecule has 4 atom stereocenters. The lowest BCUT2D eigenvalue weighted by atomic mass is 9.82. The summed E-state index contributed by atoms with van der Waals surface area (Å²) in [7, 11) is 0. The maximum absolute atomic E-state index is 11.4. The van der Waals surface area contributed by atoms with Gasteiger partial charge in [0, 0.05) is 12.8 Å². The van der Waals surface area contributed by atoms with Gasteiger partial charge in [-0.3, -0.25) is 0 Å². The van der Waals surface area contributed by atoms with Gasteiger partial charge in [-0.1, -0.05) is 12.7 Å². The number of aliphatic hydroxyl groups excluding tert-OH is 1. The summed E-state index contributed by atoms with van der Waals surface area (Å²) >= 11 is 0. The first-order valence-electron chi connectivity index (χ1n) is 5.52. The van der Waals surface area contributed by atoms with Crippen molar-refractivity contribution in [3.05, 3.63) is 12.7 Å². The minimum atomic E-state index is -1.67. The molecule has 2 bridgehead atoms. The van der Waals surface area contributed by atoms with Gasteiger partial charge in [-0.05, 0) is 0 Å². The van der Waals surface area contributed by atoms with E-state index in [-0.39, 0.29) is 19.4 Å². The van der Waals surface area contributed by atoms with Crippen molar-refractivity contribution in [1.29, 1.82) is 0 Å². The van der Waals surface area contributed by atoms with E-state index in [0.717, 1.165) is 0 Å². The molecule has 4 unspecified atom stereocenters. The third-order valence-electron chi connectivity index (χ3n) is 3.02. The SMILES string of the molecule is C=CCOC(=O)OC1C(O)CC2(O)CC1OC2=O. The van der Waals surface area contributed by atoms with Crippen LogP contribution in [0, 0.1) is 0 Å². The molecule has 2 fully saturated rings. The molecular weight excluding hydrogens is 244 g/mol. The van der Waals surface area contributed by atoms with Crippen molar-refractivity contribution < 1.29 is 34.0 Å². The molecule has 1 saturated carbocycles. The average molecular weight is 258 g/mol. The van der Waals surface area contributed by atoms with Gasteiger partial charge in [0.05, 0.1) is 6.10 Å². The minimum absolute atomic E-state index is 0.00228. The number of carbonyl (C=O) groups excluding carboxylic acids is 2. The molecule has 0 aromatic rings. The lowest BCUT2D eigenvalue weighted by Crippen LogP contribution is -2.50. The summed E-state index contributed by atoms with van der Waals surface area (Å²) in [6, 6.07) is 0. The summed E-state index contributed by atoms with van der Waals surface area (Å²) in [6.07, 6.45) is -2.86. The Balaban J connectivity index is 2.00. The summed E-state index contributed by atoms with van der Waals surface area (Å²) < 4.78 is 14.4. The molecule has 1 aliphatic heterocycles. The summed E-state index contributed by atoms with van der Waals surface area (Å²) in [5, 5.41) is 19.6. The number of fused-ring (bicyclic) bond motifs is 2. The molecule has 0 aromatic carbocycles. The van der Waals surface area contributed by atoms with Crippen LogP contribution < -0.4 is 0 Å². The third kappa shape index (κ3) is 2.19. The van der Waals surface area contributed by atoms with Gasteiger partial charge in [-0.25, -0.2) is 9.59 Å². The van der Waals surface area contributed by atoms with Gasteiger partial charge in [0.1, 0.15) is 12.7 Å². The zero-order valence-electron chi connectivity index (χ0n) is 9.57. The standard InChI is InChI=1S/C11H14O7/c1-2-3-16-10(14)18-8-6(12)4-11(15)5-7(8)17-9(11)13/h2,6-8,12,15H,1,3-5H2. The number of esters is 1. The van der Waals surface area contributed by atoms with E-state index in [2.05, 4.69) is 11.3 Å². The van der Waals surface area contributed by atoms with E-state index in [1.54, 1.807) is 0 Å². The average Bonchev–Trinajstić information content (AvgIpc) is 2.54. The number of hydrogen-bond acceptors (Lipinski definition) is 7. The second kappa shape index (κ2) is 4.58. The monoisotopic (exact) mass is 258 g/mol. The van der Waals surface area contributed by atoms with Crippen molar-refractivity contribution in [2.75, 3.05) is 6.61 Å². The van der Waals surface area contributed by atoms with Gasteiger partial charge < -0.3 is 24.4 Å². The van der Waals surface area contributed by atoms with Crippen LogP contribution in [0.5, 0.6) is 0 Å². The molecule has 2 aliphatic rings. The van der Waals surface area contributed by atoms with Crippen molar-refractivity contribution in [2.45, 2.75) is 36.8 Å². The predicted octanol–water partition coefficient (Wildman–Crippen LogP) is -0.495. The molecule has 7 heteroatoms. The van der Waals surface area contributed by atoms with Gasteiger partial charge in [0.25, 0.3) is 0 Å². The summed E-state index contributed by atoms with van der Waals surface area (Å²) in [4.78, 5) is 22.6. The van der Waals surface area contributed by atoms with Gasteiger partial charge in [-0.2, -0.15) is 0 Å². The van der Waals surface area contributed by atoms with Crippen molar-refractivity contribution in [3.8, 4) is 0 Å². The van der Waals surface area contributed by atoms with Crippen LogP contribution in [0.4, 0.5) is 4.79 Å². The van der Waals surface area contributed by atoms with Crippen LogP contribution in [0.3, 0.4) is 0 Å². The van der Waals surface area contributed by atoms with Crippen LogP contribution in [0.25, 0.3) is 0 Å². The number of rotatable bonds is 3. The van der Waals surface area contributed by atoms with Crippen LogP contribution in [0.15, 0.2) is 12.7 Å². The summed E-state index contributed by atoms with van der Waals surface area (Å²) in [5.41, 5.74) is -1.67. The molecule has 0 spiro atoms. The summed E-state index contributed by atoms with van der Waals surface area (Å²) in [6.45, 7) is 3.35. The fourth-order valence-electron chi connectivity index (χ4n) is 2.19.